The molecule has 0 unspecified atom stereocenters. The summed E-state index contributed by atoms with van der Waals surface area (Å²) in [5.74, 6) is 0.536. The maximum Gasteiger partial charge on any atom is 0.293 e. The molecule has 1 heterocycles. The van der Waals surface area contributed by atoms with Gasteiger partial charge in [-0.2, -0.15) is 0 Å². The largest absolute Gasteiger partial charge is 0.493 e. The summed E-state index contributed by atoms with van der Waals surface area (Å²) in [4.78, 5) is 26.6. The number of methoxy groups -OCH3 is 1. The number of nitrogens with zero attached hydrogens (tertiary/aromatic N) is 1. The summed E-state index contributed by atoms with van der Waals surface area (Å²) < 4.78 is 10.9. The number of amides is 2. The number of thioether (sulfide) groups is 1. The van der Waals surface area contributed by atoms with Crippen LogP contribution >= 0.6 is 23.4 Å². The zero-order valence-electron chi connectivity index (χ0n) is 15.9. The summed E-state index contributed by atoms with van der Waals surface area (Å²) in [7, 11) is 1.51. The fourth-order valence-corrected chi connectivity index (χ4v) is 3.97. The van der Waals surface area contributed by atoms with Crippen molar-refractivity contribution in [3.63, 3.8) is 0 Å². The molecule has 2 aromatic rings. The fraction of sp³-hybridized carbons (Fsp3) is 0.182. The molecule has 1 aliphatic rings. The molecule has 5 nitrogen and oxygen atoms in total. The number of rotatable bonds is 8. The summed E-state index contributed by atoms with van der Waals surface area (Å²) in [6.07, 6.45) is 3.86. The van der Waals surface area contributed by atoms with Gasteiger partial charge in [-0.1, -0.05) is 54.6 Å². The Hall–Kier alpha value is -2.70. The molecular weight excluding hydrogens is 410 g/mol. The van der Waals surface area contributed by atoms with Crippen molar-refractivity contribution >= 4 is 40.6 Å². The van der Waals surface area contributed by atoms with Crippen LogP contribution in [-0.4, -0.2) is 36.3 Å². The van der Waals surface area contributed by atoms with Gasteiger partial charge in [0.1, 0.15) is 6.61 Å². The standard InChI is InChI=1S/C22H20ClNO4S/c1-3-11-28-20-17(23)12-16(13-18(20)27-2)14-19-21(25)24(22(26)29-19)10-9-15-7-5-4-6-8-15/h3-8,12-14H,1,9-11H2,2H3/b19-14-. The van der Waals surface area contributed by atoms with Gasteiger partial charge in [-0.3, -0.25) is 14.5 Å². The molecule has 0 saturated carbocycles. The van der Waals surface area contributed by atoms with E-state index in [-0.39, 0.29) is 17.8 Å². The van der Waals surface area contributed by atoms with Gasteiger partial charge < -0.3 is 9.47 Å². The van der Waals surface area contributed by atoms with Crippen LogP contribution in [0.1, 0.15) is 11.1 Å². The number of imide groups is 1. The monoisotopic (exact) mass is 429 g/mol. The topological polar surface area (TPSA) is 55.8 Å². The Morgan fingerprint density at radius 1 is 1.21 bits per heavy atom. The smallest absolute Gasteiger partial charge is 0.293 e. The van der Waals surface area contributed by atoms with E-state index < -0.39 is 0 Å². The molecule has 0 atom stereocenters. The highest BCUT2D eigenvalue weighted by atomic mass is 35.5. The van der Waals surface area contributed by atoms with Crippen LogP contribution in [0.5, 0.6) is 11.5 Å². The van der Waals surface area contributed by atoms with Gasteiger partial charge in [-0.25, -0.2) is 0 Å². The lowest BCUT2D eigenvalue weighted by atomic mass is 10.1. The first-order chi connectivity index (χ1) is 14.0. The summed E-state index contributed by atoms with van der Waals surface area (Å²) in [6.45, 7) is 4.23. The predicted octanol–water partition coefficient (Wildman–Crippen LogP) is 5.19. The lowest BCUT2D eigenvalue weighted by Gasteiger charge is -2.13. The van der Waals surface area contributed by atoms with Crippen molar-refractivity contribution < 1.29 is 19.1 Å². The van der Waals surface area contributed by atoms with Crippen LogP contribution in [0, 0.1) is 0 Å². The summed E-state index contributed by atoms with van der Waals surface area (Å²) in [6, 6.07) is 13.1. The molecule has 0 bridgehead atoms. The van der Waals surface area contributed by atoms with Gasteiger partial charge >= 0.3 is 0 Å². The molecule has 2 amide bonds. The van der Waals surface area contributed by atoms with Crippen LogP contribution in [0.3, 0.4) is 0 Å². The Balaban J connectivity index is 1.78. The lowest BCUT2D eigenvalue weighted by Crippen LogP contribution is -2.30. The van der Waals surface area contributed by atoms with Crippen molar-refractivity contribution in [3.05, 3.63) is 76.2 Å². The van der Waals surface area contributed by atoms with Gasteiger partial charge in [0.15, 0.2) is 11.5 Å². The Kier molecular flexibility index (Phi) is 7.01. The number of carbonyl (C=O) groups excluding carboxylic acids is 2. The highest BCUT2D eigenvalue weighted by Gasteiger charge is 2.34. The molecule has 0 spiro atoms. The van der Waals surface area contributed by atoms with E-state index in [2.05, 4.69) is 6.58 Å². The first-order valence-corrected chi connectivity index (χ1v) is 10.1. The van der Waals surface area contributed by atoms with E-state index in [0.717, 1.165) is 17.3 Å². The van der Waals surface area contributed by atoms with E-state index in [1.54, 1.807) is 24.3 Å². The maximum absolute atomic E-state index is 12.7. The molecule has 0 aromatic heterocycles. The van der Waals surface area contributed by atoms with Crippen molar-refractivity contribution in [1.29, 1.82) is 0 Å². The first-order valence-electron chi connectivity index (χ1n) is 8.94. The van der Waals surface area contributed by atoms with Crippen LogP contribution < -0.4 is 9.47 Å². The third-order valence-corrected chi connectivity index (χ3v) is 5.42. The second-order valence-electron chi connectivity index (χ2n) is 6.20. The first kappa shape index (κ1) is 21.0. The zero-order valence-corrected chi connectivity index (χ0v) is 17.5. The summed E-state index contributed by atoms with van der Waals surface area (Å²) in [5.41, 5.74) is 1.72. The number of ether oxygens (including phenoxy) is 2. The van der Waals surface area contributed by atoms with Gasteiger partial charge in [0, 0.05) is 6.54 Å². The Labute approximate surface area is 178 Å². The molecule has 0 aliphatic carbocycles. The maximum atomic E-state index is 12.7. The van der Waals surface area contributed by atoms with Gasteiger partial charge in [0.2, 0.25) is 0 Å². The number of carbonyl (C=O) groups is 2. The highest BCUT2D eigenvalue weighted by Crippen LogP contribution is 2.39. The average molecular weight is 430 g/mol. The van der Waals surface area contributed by atoms with Crippen molar-refractivity contribution in [1.82, 2.24) is 4.90 Å². The zero-order chi connectivity index (χ0) is 20.8. The van der Waals surface area contributed by atoms with Crippen molar-refractivity contribution in [2.24, 2.45) is 0 Å². The van der Waals surface area contributed by atoms with Gasteiger partial charge in [-0.05, 0) is 47.5 Å². The third-order valence-electron chi connectivity index (χ3n) is 4.24. The third kappa shape index (κ3) is 5.02. The van der Waals surface area contributed by atoms with Crippen molar-refractivity contribution in [3.8, 4) is 11.5 Å². The average Bonchev–Trinajstić information content (AvgIpc) is 2.98. The van der Waals surface area contributed by atoms with Crippen LogP contribution in [0.15, 0.2) is 60.0 Å². The molecule has 7 heteroatoms. The highest BCUT2D eigenvalue weighted by molar-refractivity contribution is 8.18. The Morgan fingerprint density at radius 2 is 1.97 bits per heavy atom. The van der Waals surface area contributed by atoms with Gasteiger partial charge in [0.25, 0.3) is 11.1 Å². The minimum absolute atomic E-state index is 0.277. The molecule has 0 N–H and O–H groups in total. The minimum Gasteiger partial charge on any atom is -0.493 e. The SMILES string of the molecule is C=CCOc1c(Cl)cc(/C=C2\SC(=O)N(CCc3ccccc3)C2=O)cc1OC. The van der Waals surface area contributed by atoms with Crippen molar-refractivity contribution in [2.75, 3.05) is 20.3 Å². The van der Waals surface area contributed by atoms with E-state index >= 15 is 0 Å². The quantitative estimate of drug-likeness (QED) is 0.426. The van der Waals surface area contributed by atoms with Crippen molar-refractivity contribution in [2.45, 2.75) is 6.42 Å². The van der Waals surface area contributed by atoms with Crippen LogP contribution in [-0.2, 0) is 11.2 Å². The fourth-order valence-electron chi connectivity index (χ4n) is 2.84. The second-order valence-corrected chi connectivity index (χ2v) is 7.60. The molecule has 0 radical (unpaired) electrons. The second kappa shape index (κ2) is 9.67. The van der Waals surface area contributed by atoms with Crippen LogP contribution in [0.4, 0.5) is 4.79 Å². The lowest BCUT2D eigenvalue weighted by molar-refractivity contribution is -0.122. The molecule has 3 rings (SSSR count). The molecule has 1 saturated heterocycles. The normalized spacial score (nSPS) is 15.1. The molecule has 29 heavy (non-hydrogen) atoms. The number of benzene rings is 2. The molecule has 2 aromatic carbocycles. The van der Waals surface area contributed by atoms with Gasteiger partial charge in [-0.15, -0.1) is 0 Å². The van der Waals surface area contributed by atoms with E-state index in [9.17, 15) is 9.59 Å². The Morgan fingerprint density at radius 3 is 2.66 bits per heavy atom. The summed E-state index contributed by atoms with van der Waals surface area (Å²) in [5, 5.41) is 0.0712. The predicted molar refractivity (Wildman–Crippen MR) is 117 cm³/mol. The molecule has 150 valence electrons. The number of hydrogen-bond donors (Lipinski definition) is 0. The molecule has 1 aliphatic heterocycles. The number of halogens is 1. The van der Waals surface area contributed by atoms with E-state index in [1.807, 2.05) is 30.3 Å². The Bertz CT molecular complexity index is 959. The van der Waals surface area contributed by atoms with Crippen LogP contribution in [0.2, 0.25) is 5.02 Å². The molecular formula is C22H20ClNO4S. The van der Waals surface area contributed by atoms with Crippen LogP contribution in [0.25, 0.3) is 6.08 Å². The minimum atomic E-state index is -0.307. The van der Waals surface area contributed by atoms with E-state index in [1.165, 1.54) is 12.0 Å². The summed E-state index contributed by atoms with van der Waals surface area (Å²) >= 11 is 7.23. The van der Waals surface area contributed by atoms with E-state index in [0.29, 0.717) is 40.0 Å². The molecule has 1 fully saturated rings. The van der Waals surface area contributed by atoms with E-state index in [4.69, 9.17) is 21.1 Å². The number of hydrogen-bond acceptors (Lipinski definition) is 5. The van der Waals surface area contributed by atoms with Gasteiger partial charge in [0.05, 0.1) is 17.0 Å².